The third-order valence-corrected chi connectivity index (χ3v) is 3.74. The molecule has 1 heterocycles. The SMILES string of the molecule is CC(=O)N1CC[C@H]2CCCC[C@H]2C1. The average Bonchev–Trinajstić information content (AvgIpc) is 2.17. The Morgan fingerprint density at radius 3 is 2.54 bits per heavy atom. The van der Waals surface area contributed by atoms with Crippen LogP contribution in [0.2, 0.25) is 0 Å². The average molecular weight is 181 g/mol. The van der Waals surface area contributed by atoms with E-state index in [4.69, 9.17) is 0 Å². The summed E-state index contributed by atoms with van der Waals surface area (Å²) in [6, 6.07) is 0. The molecule has 74 valence electrons. The molecule has 1 saturated heterocycles. The first kappa shape index (κ1) is 9.04. The Balaban J connectivity index is 1.95. The molecular formula is C11H19NO. The normalized spacial score (nSPS) is 34.1. The van der Waals surface area contributed by atoms with Crippen molar-refractivity contribution in [2.75, 3.05) is 13.1 Å². The lowest BCUT2D eigenvalue weighted by molar-refractivity contribution is -0.131. The van der Waals surface area contributed by atoms with Crippen LogP contribution in [0.25, 0.3) is 0 Å². The summed E-state index contributed by atoms with van der Waals surface area (Å²) in [6.07, 6.45) is 6.82. The van der Waals surface area contributed by atoms with Crippen LogP contribution < -0.4 is 0 Å². The van der Waals surface area contributed by atoms with Crippen LogP contribution in [-0.2, 0) is 4.79 Å². The highest BCUT2D eigenvalue weighted by molar-refractivity contribution is 5.73. The molecule has 0 radical (unpaired) electrons. The Bertz CT molecular complexity index is 202. The van der Waals surface area contributed by atoms with Gasteiger partial charge in [-0.15, -0.1) is 0 Å². The summed E-state index contributed by atoms with van der Waals surface area (Å²) in [4.78, 5) is 13.2. The second-order valence-electron chi connectivity index (χ2n) is 4.56. The summed E-state index contributed by atoms with van der Waals surface area (Å²) in [5.74, 6) is 2.03. The number of carbonyl (C=O) groups excluding carboxylic acids is 1. The molecule has 13 heavy (non-hydrogen) atoms. The number of likely N-dealkylation sites (tertiary alicyclic amines) is 1. The van der Waals surface area contributed by atoms with Crippen molar-refractivity contribution in [3.63, 3.8) is 0 Å². The first-order chi connectivity index (χ1) is 6.27. The van der Waals surface area contributed by atoms with Gasteiger partial charge in [0.1, 0.15) is 0 Å². The Morgan fingerprint density at radius 2 is 1.85 bits per heavy atom. The molecule has 0 aromatic heterocycles. The summed E-state index contributed by atoms with van der Waals surface area (Å²) >= 11 is 0. The molecule has 1 aliphatic heterocycles. The molecule has 2 rings (SSSR count). The Kier molecular flexibility index (Phi) is 2.56. The van der Waals surface area contributed by atoms with Gasteiger partial charge in [0.25, 0.3) is 0 Å². The number of amides is 1. The van der Waals surface area contributed by atoms with E-state index in [1.165, 1.54) is 32.1 Å². The van der Waals surface area contributed by atoms with Crippen LogP contribution in [0.5, 0.6) is 0 Å². The third-order valence-electron chi connectivity index (χ3n) is 3.74. The van der Waals surface area contributed by atoms with Gasteiger partial charge in [0, 0.05) is 20.0 Å². The molecule has 2 heteroatoms. The molecule has 2 aliphatic rings. The molecule has 1 amide bonds. The zero-order chi connectivity index (χ0) is 9.26. The van der Waals surface area contributed by atoms with E-state index in [0.717, 1.165) is 24.9 Å². The molecule has 2 atom stereocenters. The van der Waals surface area contributed by atoms with Gasteiger partial charge >= 0.3 is 0 Å². The fourth-order valence-corrected chi connectivity index (χ4v) is 2.89. The van der Waals surface area contributed by atoms with Gasteiger partial charge < -0.3 is 4.90 Å². The zero-order valence-electron chi connectivity index (χ0n) is 8.46. The van der Waals surface area contributed by atoms with Crippen molar-refractivity contribution in [2.45, 2.75) is 39.0 Å². The maximum absolute atomic E-state index is 11.2. The predicted molar refractivity (Wildman–Crippen MR) is 52.3 cm³/mol. The van der Waals surface area contributed by atoms with Gasteiger partial charge in [-0.1, -0.05) is 19.3 Å². The van der Waals surface area contributed by atoms with Gasteiger partial charge in [0.15, 0.2) is 0 Å². The minimum atomic E-state index is 0.268. The molecule has 0 bridgehead atoms. The summed E-state index contributed by atoms with van der Waals surface area (Å²) < 4.78 is 0. The quantitative estimate of drug-likeness (QED) is 0.560. The number of rotatable bonds is 0. The molecule has 0 unspecified atom stereocenters. The van der Waals surface area contributed by atoms with Gasteiger partial charge in [-0.2, -0.15) is 0 Å². The molecule has 0 N–H and O–H groups in total. The van der Waals surface area contributed by atoms with Crippen molar-refractivity contribution < 1.29 is 4.79 Å². The van der Waals surface area contributed by atoms with Crippen molar-refractivity contribution in [3.8, 4) is 0 Å². The molecule has 1 saturated carbocycles. The van der Waals surface area contributed by atoms with Crippen LogP contribution in [0.1, 0.15) is 39.0 Å². The molecular weight excluding hydrogens is 162 g/mol. The summed E-state index contributed by atoms with van der Waals surface area (Å²) in [6.45, 7) is 3.75. The van der Waals surface area contributed by atoms with Gasteiger partial charge in [-0.3, -0.25) is 4.79 Å². The van der Waals surface area contributed by atoms with Crippen molar-refractivity contribution in [3.05, 3.63) is 0 Å². The predicted octanol–water partition coefficient (Wildman–Crippen LogP) is 2.04. The molecule has 2 fully saturated rings. The van der Waals surface area contributed by atoms with E-state index in [1.807, 2.05) is 4.90 Å². The number of hydrogen-bond acceptors (Lipinski definition) is 1. The number of fused-ring (bicyclic) bond motifs is 1. The lowest BCUT2D eigenvalue weighted by Crippen LogP contribution is -2.43. The van der Waals surface area contributed by atoms with Crippen molar-refractivity contribution in [1.82, 2.24) is 4.90 Å². The maximum Gasteiger partial charge on any atom is 0.219 e. The van der Waals surface area contributed by atoms with Gasteiger partial charge in [-0.05, 0) is 24.7 Å². The number of piperidine rings is 1. The smallest absolute Gasteiger partial charge is 0.219 e. The second-order valence-corrected chi connectivity index (χ2v) is 4.56. The fraction of sp³-hybridized carbons (Fsp3) is 0.909. The van der Waals surface area contributed by atoms with E-state index in [1.54, 1.807) is 6.92 Å². The van der Waals surface area contributed by atoms with Gasteiger partial charge in [0.05, 0.1) is 0 Å². The third kappa shape index (κ3) is 1.87. The molecule has 1 aliphatic carbocycles. The van der Waals surface area contributed by atoms with Crippen LogP contribution in [0, 0.1) is 11.8 Å². The first-order valence-electron chi connectivity index (χ1n) is 5.53. The topological polar surface area (TPSA) is 20.3 Å². The second kappa shape index (κ2) is 3.69. The van der Waals surface area contributed by atoms with Crippen molar-refractivity contribution in [1.29, 1.82) is 0 Å². The monoisotopic (exact) mass is 181 g/mol. The van der Waals surface area contributed by atoms with Crippen LogP contribution in [0.4, 0.5) is 0 Å². The minimum Gasteiger partial charge on any atom is -0.343 e. The number of hydrogen-bond donors (Lipinski definition) is 0. The van der Waals surface area contributed by atoms with Gasteiger partial charge in [-0.25, -0.2) is 0 Å². The Morgan fingerprint density at radius 1 is 1.15 bits per heavy atom. The number of carbonyl (C=O) groups is 1. The number of nitrogens with zero attached hydrogens (tertiary/aromatic N) is 1. The highest BCUT2D eigenvalue weighted by atomic mass is 16.2. The lowest BCUT2D eigenvalue weighted by atomic mass is 9.75. The van der Waals surface area contributed by atoms with Crippen LogP contribution in [0.3, 0.4) is 0 Å². The van der Waals surface area contributed by atoms with E-state index >= 15 is 0 Å². The van der Waals surface area contributed by atoms with Crippen molar-refractivity contribution >= 4 is 5.91 Å². The van der Waals surface area contributed by atoms with Crippen LogP contribution in [0.15, 0.2) is 0 Å². The minimum absolute atomic E-state index is 0.268. The Hall–Kier alpha value is -0.530. The van der Waals surface area contributed by atoms with E-state index in [9.17, 15) is 4.79 Å². The maximum atomic E-state index is 11.2. The van der Waals surface area contributed by atoms with E-state index in [2.05, 4.69) is 0 Å². The largest absolute Gasteiger partial charge is 0.343 e. The summed E-state index contributed by atoms with van der Waals surface area (Å²) in [5.41, 5.74) is 0. The molecule has 0 aromatic rings. The van der Waals surface area contributed by atoms with E-state index in [0.29, 0.717) is 0 Å². The zero-order valence-corrected chi connectivity index (χ0v) is 8.46. The van der Waals surface area contributed by atoms with E-state index in [-0.39, 0.29) is 5.91 Å². The van der Waals surface area contributed by atoms with Crippen LogP contribution in [-0.4, -0.2) is 23.9 Å². The lowest BCUT2D eigenvalue weighted by Gasteiger charge is -2.40. The van der Waals surface area contributed by atoms with Gasteiger partial charge in [0.2, 0.25) is 5.91 Å². The molecule has 2 nitrogen and oxygen atoms in total. The molecule has 0 aromatic carbocycles. The summed E-state index contributed by atoms with van der Waals surface area (Å²) in [5, 5.41) is 0. The fourth-order valence-electron chi connectivity index (χ4n) is 2.89. The van der Waals surface area contributed by atoms with E-state index < -0.39 is 0 Å². The standard InChI is InChI=1S/C11H19NO/c1-9(13)12-7-6-10-4-2-3-5-11(10)8-12/h10-11H,2-8H2,1H3/t10-,11+/m1/s1. The first-order valence-corrected chi connectivity index (χ1v) is 5.53. The van der Waals surface area contributed by atoms with Crippen molar-refractivity contribution in [2.24, 2.45) is 11.8 Å². The highest BCUT2D eigenvalue weighted by Crippen LogP contribution is 2.35. The highest BCUT2D eigenvalue weighted by Gasteiger charge is 2.31. The summed E-state index contributed by atoms with van der Waals surface area (Å²) in [7, 11) is 0. The molecule has 0 spiro atoms. The Labute approximate surface area is 80.3 Å². The van der Waals surface area contributed by atoms with Crippen LogP contribution >= 0.6 is 0 Å².